The van der Waals surface area contributed by atoms with Crippen LogP contribution in [0.25, 0.3) is 0 Å². The molecule has 0 amide bonds. The molecule has 1 aliphatic heterocycles. The van der Waals surface area contributed by atoms with Crippen LogP contribution < -0.4 is 5.73 Å². The third kappa shape index (κ3) is 3.31. The second-order valence-electron chi connectivity index (χ2n) is 11.7. The Morgan fingerprint density at radius 2 is 1.62 bits per heavy atom. The van der Waals surface area contributed by atoms with Gasteiger partial charge in [-0.2, -0.15) is 0 Å². The van der Waals surface area contributed by atoms with Crippen LogP contribution in [0.5, 0.6) is 0 Å². The fourth-order valence-electron chi connectivity index (χ4n) is 8.94. The molecule has 0 spiro atoms. The van der Waals surface area contributed by atoms with E-state index in [1.54, 1.807) is 0 Å². The average Bonchev–Trinajstić information content (AvgIpc) is 2.95. The minimum Gasteiger partial charge on any atom is -0.392 e. The average molecular weight is 427 g/mol. The molecule has 4 nitrogen and oxygen atoms in total. The molecule has 0 aromatic rings. The fourth-order valence-corrected chi connectivity index (χ4v) is 8.94. The Morgan fingerprint density at radius 1 is 0.897 bits per heavy atom. The number of hydrogen-bond acceptors (Lipinski definition) is 4. The molecule has 1 saturated heterocycles. The topological polar surface area (TPSA) is 69.7 Å². The van der Waals surface area contributed by atoms with E-state index in [1.807, 2.05) is 0 Å². The summed E-state index contributed by atoms with van der Waals surface area (Å²) in [6, 6.07) is 0.332. The molecule has 4 N–H and O–H groups in total. The molecule has 4 saturated carbocycles. The highest BCUT2D eigenvalue weighted by Gasteiger charge is 2.63. The lowest BCUT2D eigenvalue weighted by Gasteiger charge is -2.61. The third-order valence-corrected chi connectivity index (χ3v) is 10.6. The summed E-state index contributed by atoms with van der Waals surface area (Å²) in [6.45, 7) is 7.28. The number of piperidine rings is 1. The highest BCUT2D eigenvalue weighted by Crippen LogP contribution is 2.66. The van der Waals surface area contributed by atoms with Gasteiger partial charge in [0.2, 0.25) is 0 Å². The maximum absolute atomic E-state index is 11.5. The summed E-state index contributed by atoms with van der Waals surface area (Å²) >= 11 is 0. The van der Waals surface area contributed by atoms with E-state index in [9.17, 15) is 10.2 Å². The fraction of sp³-hybridized carbons (Fsp3) is 1.00. The molecule has 5 heteroatoms. The minimum atomic E-state index is -0.305. The Hall–Kier alpha value is 0.130. The summed E-state index contributed by atoms with van der Waals surface area (Å²) in [5, 5.41) is 21.8. The van der Waals surface area contributed by atoms with Crippen molar-refractivity contribution in [2.75, 3.05) is 13.1 Å². The van der Waals surface area contributed by atoms with Gasteiger partial charge in [-0.05, 0) is 105 Å². The van der Waals surface area contributed by atoms with Crippen molar-refractivity contribution in [3.05, 3.63) is 0 Å². The van der Waals surface area contributed by atoms with E-state index < -0.39 is 0 Å². The van der Waals surface area contributed by atoms with E-state index in [2.05, 4.69) is 18.7 Å². The number of likely N-dealkylation sites (tertiary alicyclic amines) is 1. The number of nitrogens with zero attached hydrogens (tertiary/aromatic N) is 1. The Bertz CT molecular complexity index is 599. The van der Waals surface area contributed by atoms with Gasteiger partial charge in [-0.3, -0.25) is 4.90 Å². The lowest BCUT2D eigenvalue weighted by Crippen LogP contribution is -2.58. The van der Waals surface area contributed by atoms with Crippen molar-refractivity contribution in [1.29, 1.82) is 0 Å². The summed E-state index contributed by atoms with van der Waals surface area (Å²) in [5.74, 6) is 2.77. The molecule has 0 radical (unpaired) electrons. The first-order chi connectivity index (χ1) is 13.3. The van der Waals surface area contributed by atoms with E-state index in [0.717, 1.165) is 24.7 Å². The molecule has 29 heavy (non-hydrogen) atoms. The first kappa shape index (κ1) is 22.3. The summed E-state index contributed by atoms with van der Waals surface area (Å²) in [4.78, 5) is 2.63. The maximum atomic E-state index is 11.5. The number of hydrogen-bond donors (Lipinski definition) is 3. The molecule has 5 rings (SSSR count). The quantitative estimate of drug-likeness (QED) is 0.599. The number of fused-ring (bicyclic) bond motifs is 5. The molecule has 168 valence electrons. The van der Waals surface area contributed by atoms with Crippen molar-refractivity contribution in [2.45, 2.75) is 102 Å². The Kier molecular flexibility index (Phi) is 6.10. The van der Waals surface area contributed by atoms with E-state index in [-0.39, 0.29) is 41.5 Å². The van der Waals surface area contributed by atoms with Crippen LogP contribution in [0, 0.1) is 34.5 Å². The van der Waals surface area contributed by atoms with Crippen molar-refractivity contribution in [3.63, 3.8) is 0 Å². The number of aliphatic hydroxyl groups excluding tert-OH is 2. The maximum Gasteiger partial charge on any atom is 0.0751 e. The van der Waals surface area contributed by atoms with Gasteiger partial charge in [0.25, 0.3) is 0 Å². The second-order valence-corrected chi connectivity index (χ2v) is 11.7. The summed E-state index contributed by atoms with van der Waals surface area (Å²) < 4.78 is 0. The zero-order valence-corrected chi connectivity index (χ0v) is 19.2. The van der Waals surface area contributed by atoms with Crippen LogP contribution in [0.4, 0.5) is 0 Å². The van der Waals surface area contributed by atoms with E-state index >= 15 is 0 Å². The molecular weight excluding hydrogens is 384 g/mol. The van der Waals surface area contributed by atoms with Crippen molar-refractivity contribution in [1.82, 2.24) is 4.90 Å². The van der Waals surface area contributed by atoms with Gasteiger partial charge in [-0.15, -0.1) is 12.4 Å². The number of aliphatic hydroxyl groups is 2. The van der Waals surface area contributed by atoms with Crippen molar-refractivity contribution in [2.24, 2.45) is 40.2 Å². The highest BCUT2D eigenvalue weighted by atomic mass is 35.5. The summed E-state index contributed by atoms with van der Waals surface area (Å²) in [6.07, 6.45) is 11.6. The van der Waals surface area contributed by atoms with Crippen LogP contribution in [0.3, 0.4) is 0 Å². The molecule has 4 aliphatic carbocycles. The number of rotatable bonds is 1. The molecular formula is C24H43ClN2O2. The van der Waals surface area contributed by atoms with E-state index in [0.29, 0.717) is 17.9 Å². The van der Waals surface area contributed by atoms with Crippen LogP contribution in [0.2, 0.25) is 0 Å². The first-order valence-electron chi connectivity index (χ1n) is 12.2. The normalized spacial score (nSPS) is 55.3. The predicted molar refractivity (Wildman–Crippen MR) is 119 cm³/mol. The van der Waals surface area contributed by atoms with E-state index in [1.165, 1.54) is 64.5 Å². The van der Waals surface area contributed by atoms with E-state index in [4.69, 9.17) is 5.73 Å². The first-order valence-corrected chi connectivity index (χ1v) is 12.2. The summed E-state index contributed by atoms with van der Waals surface area (Å²) in [7, 11) is 0. The van der Waals surface area contributed by atoms with Crippen LogP contribution in [0.1, 0.15) is 78.1 Å². The molecule has 5 aliphatic rings. The SMILES string of the molecule is C[C@]12C[C@H](N)[C@@H](O)C[C@@H]1CC[C@@H]1[C@@H]2CC[C@]2(C)[C@@H](O)[C@@H](N3CCCCC3)C[C@@H]12.Cl. The molecule has 1 heterocycles. The number of halogens is 1. The van der Waals surface area contributed by atoms with Gasteiger partial charge >= 0.3 is 0 Å². The third-order valence-electron chi connectivity index (χ3n) is 10.6. The van der Waals surface area contributed by atoms with Gasteiger partial charge in [-0.25, -0.2) is 0 Å². The van der Waals surface area contributed by atoms with Crippen molar-refractivity contribution < 1.29 is 10.2 Å². The molecule has 0 aromatic carbocycles. The minimum absolute atomic E-state index is 0. The molecule has 0 bridgehead atoms. The standard InChI is InChI=1S/C24H42N2O2.ClH/c1-23-9-8-17-16(7-6-15-12-21(27)19(25)14-24(15,17)2)18(23)13-20(22(23)28)26-10-4-3-5-11-26;/h15-22,27-28H,3-14,25H2,1-2H3;1H/t15-,16+,17-,18-,19-,20-,21-,22-,23-,24-;/m0./s1. The largest absolute Gasteiger partial charge is 0.392 e. The molecule has 0 aromatic heterocycles. The lowest BCUT2D eigenvalue weighted by atomic mass is 9.44. The van der Waals surface area contributed by atoms with Gasteiger partial charge < -0.3 is 15.9 Å². The predicted octanol–water partition coefficient (Wildman–Crippen LogP) is 3.57. The monoisotopic (exact) mass is 426 g/mol. The smallest absolute Gasteiger partial charge is 0.0751 e. The summed E-state index contributed by atoms with van der Waals surface area (Å²) in [5.41, 5.74) is 6.76. The van der Waals surface area contributed by atoms with Gasteiger partial charge in [0.15, 0.2) is 0 Å². The molecule has 10 atom stereocenters. The van der Waals surface area contributed by atoms with Crippen LogP contribution in [0.15, 0.2) is 0 Å². The zero-order chi connectivity index (χ0) is 19.7. The lowest BCUT2D eigenvalue weighted by molar-refractivity contribution is -0.139. The van der Waals surface area contributed by atoms with Gasteiger partial charge in [0, 0.05) is 12.1 Å². The zero-order valence-electron chi connectivity index (χ0n) is 18.4. The number of nitrogens with two attached hydrogens (primary N) is 1. The molecule has 0 unspecified atom stereocenters. The second kappa shape index (κ2) is 7.92. The highest BCUT2D eigenvalue weighted by molar-refractivity contribution is 5.85. The van der Waals surface area contributed by atoms with Gasteiger partial charge in [0.05, 0.1) is 12.2 Å². The van der Waals surface area contributed by atoms with Crippen LogP contribution in [-0.2, 0) is 0 Å². The Labute approximate surface area is 183 Å². The van der Waals surface area contributed by atoms with Crippen LogP contribution in [-0.4, -0.2) is 52.5 Å². The van der Waals surface area contributed by atoms with Crippen molar-refractivity contribution >= 4 is 12.4 Å². The van der Waals surface area contributed by atoms with Crippen molar-refractivity contribution in [3.8, 4) is 0 Å². The van der Waals surface area contributed by atoms with Crippen LogP contribution >= 0.6 is 12.4 Å². The Balaban J connectivity index is 0.00000205. The molecule has 5 fully saturated rings. The Morgan fingerprint density at radius 3 is 2.34 bits per heavy atom. The van der Waals surface area contributed by atoms with Gasteiger partial charge in [0.1, 0.15) is 0 Å². The van der Waals surface area contributed by atoms with Gasteiger partial charge in [-0.1, -0.05) is 20.3 Å².